The molecule has 2 aliphatic rings. The van der Waals surface area contributed by atoms with Crippen molar-refractivity contribution >= 4 is 30.8 Å². The zero-order valence-electron chi connectivity index (χ0n) is 17.0. The first-order chi connectivity index (χ1) is 14.8. The molecule has 14 nitrogen and oxygen atoms in total. The van der Waals surface area contributed by atoms with Gasteiger partial charge in [0.05, 0.1) is 26.7 Å². The molecule has 4 N–H and O–H groups in total. The molecule has 0 aliphatic carbocycles. The Morgan fingerprint density at radius 1 is 1.52 bits per heavy atom. The third kappa shape index (κ3) is 3.97. The van der Waals surface area contributed by atoms with Crippen LogP contribution in [0.4, 0.5) is 5.95 Å². The predicted octanol–water partition coefficient (Wildman–Crippen LogP) is -0.260. The highest BCUT2D eigenvalue weighted by Crippen LogP contribution is 2.53. The summed E-state index contributed by atoms with van der Waals surface area (Å²) in [6, 6.07) is -0.942. The Balaban J connectivity index is 1.55. The average molecular weight is 458 g/mol. The Morgan fingerprint density at radius 3 is 3.00 bits per heavy atom. The van der Waals surface area contributed by atoms with Crippen molar-refractivity contribution in [1.29, 1.82) is 0 Å². The van der Waals surface area contributed by atoms with Crippen LogP contribution in [0.2, 0.25) is 0 Å². The van der Waals surface area contributed by atoms with Gasteiger partial charge in [-0.05, 0) is 13.8 Å². The number of ether oxygens (including phenoxy) is 3. The number of esters is 1. The van der Waals surface area contributed by atoms with Crippen molar-refractivity contribution in [3.63, 3.8) is 0 Å². The lowest BCUT2D eigenvalue weighted by Crippen LogP contribution is -2.44. The second kappa shape index (κ2) is 8.30. The van der Waals surface area contributed by atoms with Crippen molar-refractivity contribution in [1.82, 2.24) is 24.6 Å². The highest BCUT2D eigenvalue weighted by molar-refractivity contribution is 7.51. The number of imidazole rings is 1. The van der Waals surface area contributed by atoms with E-state index in [9.17, 15) is 14.5 Å². The number of rotatable bonds is 6. The molecule has 6 atom stereocenters. The molecule has 4 rings (SSSR count). The molecule has 1 unspecified atom stereocenters. The lowest BCUT2D eigenvalue weighted by Gasteiger charge is -2.32. The summed E-state index contributed by atoms with van der Waals surface area (Å²) >= 11 is 0. The largest absolute Gasteiger partial charge is 0.479 e. The second-order valence-corrected chi connectivity index (χ2v) is 8.66. The SMILES string of the molecule is CCOC(=O)[C@H](C)NP1(=O)OC[C@H]2O[C@@H](n3cnc4c(OC)nc(N)nc43)[C@@H](O)[C@@H]2O1. The number of nitrogens with two attached hydrogens (primary N) is 1. The Hall–Kier alpha value is -2.35. The van der Waals surface area contributed by atoms with Gasteiger partial charge in [-0.2, -0.15) is 9.97 Å². The van der Waals surface area contributed by atoms with Gasteiger partial charge in [-0.25, -0.2) is 14.6 Å². The molecular weight excluding hydrogens is 435 g/mol. The molecule has 15 heteroatoms. The van der Waals surface area contributed by atoms with Gasteiger partial charge in [0.15, 0.2) is 17.4 Å². The fraction of sp³-hybridized carbons (Fsp3) is 0.625. The van der Waals surface area contributed by atoms with E-state index in [1.54, 1.807) is 6.92 Å². The van der Waals surface area contributed by atoms with Crippen LogP contribution in [-0.4, -0.2) is 75.3 Å². The van der Waals surface area contributed by atoms with Gasteiger partial charge in [-0.3, -0.25) is 18.4 Å². The van der Waals surface area contributed by atoms with Crippen molar-refractivity contribution in [3.05, 3.63) is 6.33 Å². The molecule has 2 saturated heterocycles. The van der Waals surface area contributed by atoms with E-state index in [0.717, 1.165) is 0 Å². The zero-order valence-corrected chi connectivity index (χ0v) is 17.9. The van der Waals surface area contributed by atoms with E-state index in [0.29, 0.717) is 5.52 Å². The Bertz CT molecular complexity index is 1030. The van der Waals surface area contributed by atoms with Gasteiger partial charge in [0.25, 0.3) is 0 Å². The third-order valence-electron chi connectivity index (χ3n) is 4.84. The molecule has 0 saturated carbocycles. The average Bonchev–Trinajstić information content (AvgIpc) is 3.28. The summed E-state index contributed by atoms with van der Waals surface area (Å²) in [5, 5.41) is 13.4. The number of methoxy groups -OCH3 is 1. The fourth-order valence-corrected chi connectivity index (χ4v) is 5.14. The van der Waals surface area contributed by atoms with E-state index >= 15 is 0 Å². The maximum absolute atomic E-state index is 13.0. The van der Waals surface area contributed by atoms with Crippen LogP contribution in [0.15, 0.2) is 6.33 Å². The minimum atomic E-state index is -3.91. The predicted molar refractivity (Wildman–Crippen MR) is 104 cm³/mol. The number of hydrogen-bond acceptors (Lipinski definition) is 12. The number of hydrogen-bond donors (Lipinski definition) is 3. The van der Waals surface area contributed by atoms with Gasteiger partial charge >= 0.3 is 13.7 Å². The molecule has 0 aromatic carbocycles. The number of aliphatic hydroxyl groups is 1. The van der Waals surface area contributed by atoms with Crippen molar-refractivity contribution in [2.45, 2.75) is 44.4 Å². The topological polar surface area (TPSA) is 182 Å². The van der Waals surface area contributed by atoms with E-state index in [1.807, 2.05) is 0 Å². The number of aromatic nitrogens is 4. The van der Waals surface area contributed by atoms with Crippen LogP contribution in [0.25, 0.3) is 11.2 Å². The molecule has 2 aliphatic heterocycles. The Labute approximate surface area is 176 Å². The van der Waals surface area contributed by atoms with Crippen molar-refractivity contribution in [3.8, 4) is 5.88 Å². The molecule has 31 heavy (non-hydrogen) atoms. The van der Waals surface area contributed by atoms with E-state index in [-0.39, 0.29) is 30.7 Å². The maximum Gasteiger partial charge on any atom is 0.406 e. The van der Waals surface area contributed by atoms with Crippen LogP contribution in [0.1, 0.15) is 20.1 Å². The lowest BCUT2D eigenvalue weighted by molar-refractivity contribution is -0.145. The number of anilines is 1. The fourth-order valence-electron chi connectivity index (χ4n) is 3.44. The van der Waals surface area contributed by atoms with Crippen molar-refractivity contribution in [2.24, 2.45) is 0 Å². The van der Waals surface area contributed by atoms with Gasteiger partial charge in [-0.1, -0.05) is 0 Å². The van der Waals surface area contributed by atoms with E-state index in [1.165, 1.54) is 24.9 Å². The van der Waals surface area contributed by atoms with Gasteiger partial charge in [0.1, 0.15) is 24.4 Å². The third-order valence-corrected chi connectivity index (χ3v) is 6.56. The first-order valence-corrected chi connectivity index (χ1v) is 11.1. The zero-order chi connectivity index (χ0) is 22.3. The molecule has 0 radical (unpaired) electrons. The Kier molecular flexibility index (Phi) is 5.85. The summed E-state index contributed by atoms with van der Waals surface area (Å²) in [4.78, 5) is 24.1. The standard InChI is InChI=1S/C16H23N6O8P/c1-4-27-15(24)7(2)21-31(25)28-5-8-11(30-31)10(23)14(29-8)22-6-18-9-12(22)19-16(17)20-13(9)26-3/h6-8,10-11,14,23H,4-5H2,1-3H3,(H,21,25)(H2,17,19,20)/t7-,8+,10-,11+,14+,31?/m0/s1. The lowest BCUT2D eigenvalue weighted by atomic mass is 10.1. The number of carbonyl (C=O) groups is 1. The maximum atomic E-state index is 13.0. The molecule has 2 aromatic rings. The first kappa shape index (κ1) is 21.9. The molecule has 0 spiro atoms. The highest BCUT2D eigenvalue weighted by Gasteiger charge is 2.53. The van der Waals surface area contributed by atoms with Crippen molar-refractivity contribution < 1.29 is 37.7 Å². The van der Waals surface area contributed by atoms with E-state index in [2.05, 4.69) is 20.0 Å². The Morgan fingerprint density at radius 2 is 2.29 bits per heavy atom. The monoisotopic (exact) mass is 458 g/mol. The number of nitrogens with zero attached hydrogens (tertiary/aromatic N) is 4. The molecule has 2 aromatic heterocycles. The molecule has 4 heterocycles. The van der Waals surface area contributed by atoms with Crippen LogP contribution in [0.3, 0.4) is 0 Å². The van der Waals surface area contributed by atoms with E-state index in [4.69, 9.17) is 29.0 Å². The van der Waals surface area contributed by atoms with Crippen LogP contribution in [-0.2, 0) is 27.9 Å². The summed E-state index contributed by atoms with van der Waals surface area (Å²) in [6.07, 6.45) is -2.54. The summed E-state index contributed by atoms with van der Waals surface area (Å²) < 4.78 is 41.2. The van der Waals surface area contributed by atoms with Gasteiger partial charge in [0.2, 0.25) is 11.8 Å². The number of nitrogen functional groups attached to an aromatic ring is 1. The minimum absolute atomic E-state index is 0.0442. The minimum Gasteiger partial charge on any atom is -0.479 e. The normalized spacial score (nSPS) is 31.4. The molecule has 0 bridgehead atoms. The molecule has 170 valence electrons. The smallest absolute Gasteiger partial charge is 0.406 e. The number of carbonyl (C=O) groups excluding carboxylic acids is 1. The second-order valence-electron chi connectivity index (χ2n) is 6.94. The molecular formula is C16H23N6O8P. The van der Waals surface area contributed by atoms with Gasteiger partial charge < -0.3 is 25.1 Å². The van der Waals surface area contributed by atoms with Crippen LogP contribution >= 0.6 is 7.75 Å². The summed E-state index contributed by atoms with van der Waals surface area (Å²) in [5.41, 5.74) is 6.34. The molecule has 0 amide bonds. The van der Waals surface area contributed by atoms with Gasteiger partial charge in [0, 0.05) is 0 Å². The van der Waals surface area contributed by atoms with Crippen LogP contribution in [0, 0.1) is 0 Å². The quantitative estimate of drug-likeness (QED) is 0.380. The van der Waals surface area contributed by atoms with Crippen LogP contribution < -0.4 is 15.6 Å². The first-order valence-electron chi connectivity index (χ1n) is 9.51. The van der Waals surface area contributed by atoms with Gasteiger partial charge in [-0.15, -0.1) is 0 Å². The summed E-state index contributed by atoms with van der Waals surface area (Å²) in [5.74, 6) is -0.478. The number of fused-ring (bicyclic) bond motifs is 2. The summed E-state index contributed by atoms with van der Waals surface area (Å²) in [6.45, 7) is 3.17. The van der Waals surface area contributed by atoms with Crippen LogP contribution in [0.5, 0.6) is 5.88 Å². The summed E-state index contributed by atoms with van der Waals surface area (Å²) in [7, 11) is -2.49. The molecule has 2 fully saturated rings. The van der Waals surface area contributed by atoms with Crippen molar-refractivity contribution in [2.75, 3.05) is 26.1 Å². The van der Waals surface area contributed by atoms with E-state index < -0.39 is 44.3 Å². The highest BCUT2D eigenvalue weighted by atomic mass is 31.2. The number of aliphatic hydroxyl groups excluding tert-OH is 1. The number of nitrogens with one attached hydrogen (secondary N) is 1.